The zero-order valence-electron chi connectivity index (χ0n) is 19.4. The Balaban J connectivity index is 1.25. The molecule has 0 bridgehead atoms. The van der Waals surface area contributed by atoms with E-state index >= 15 is 0 Å². The first-order valence-corrected chi connectivity index (χ1v) is 13.7. The summed E-state index contributed by atoms with van der Waals surface area (Å²) in [4.78, 5) is 29.1. The van der Waals surface area contributed by atoms with E-state index in [1.165, 1.54) is 5.56 Å². The van der Waals surface area contributed by atoms with E-state index in [0.29, 0.717) is 32.5 Å². The summed E-state index contributed by atoms with van der Waals surface area (Å²) in [5.74, 6) is -0.0237. The van der Waals surface area contributed by atoms with Gasteiger partial charge in [-0.1, -0.05) is 24.3 Å². The quantitative estimate of drug-likeness (QED) is 0.658. The van der Waals surface area contributed by atoms with Gasteiger partial charge in [0.15, 0.2) is 0 Å². The van der Waals surface area contributed by atoms with Crippen molar-refractivity contribution in [3.63, 3.8) is 0 Å². The molecule has 180 valence electrons. The number of carbonyl (C=O) groups is 2. The number of sulfonamides is 1. The third-order valence-corrected chi connectivity index (χ3v) is 9.08. The molecular formula is C26H31N3O4S. The van der Waals surface area contributed by atoms with Gasteiger partial charge in [0.05, 0.1) is 4.90 Å². The van der Waals surface area contributed by atoms with E-state index in [-0.39, 0.29) is 29.6 Å². The van der Waals surface area contributed by atoms with Gasteiger partial charge >= 0.3 is 0 Å². The molecule has 34 heavy (non-hydrogen) atoms. The summed E-state index contributed by atoms with van der Waals surface area (Å²) in [6.45, 7) is 2.95. The molecular weight excluding hydrogens is 450 g/mol. The van der Waals surface area contributed by atoms with Crippen LogP contribution >= 0.6 is 0 Å². The number of benzene rings is 2. The number of carbonyl (C=O) groups excluding carboxylic acids is 2. The van der Waals surface area contributed by atoms with Crippen LogP contribution < -0.4 is 4.90 Å². The van der Waals surface area contributed by atoms with Crippen LogP contribution in [0.3, 0.4) is 0 Å². The Morgan fingerprint density at radius 1 is 0.765 bits per heavy atom. The van der Waals surface area contributed by atoms with Gasteiger partial charge in [-0.2, -0.15) is 4.31 Å². The number of anilines is 1. The number of piperidine rings is 1. The molecule has 0 aromatic heterocycles. The second kappa shape index (κ2) is 9.50. The van der Waals surface area contributed by atoms with Crippen molar-refractivity contribution < 1.29 is 18.0 Å². The van der Waals surface area contributed by atoms with Crippen LogP contribution in [0.15, 0.2) is 47.4 Å². The van der Waals surface area contributed by atoms with Crippen LogP contribution in [0, 0.1) is 0 Å². The minimum absolute atomic E-state index is 0.0528. The normalized spacial score (nSPS) is 18.5. The molecule has 0 aliphatic carbocycles. The average molecular weight is 482 g/mol. The highest BCUT2D eigenvalue weighted by Crippen LogP contribution is 2.33. The van der Waals surface area contributed by atoms with E-state index in [1.54, 1.807) is 27.4 Å². The lowest BCUT2D eigenvalue weighted by Gasteiger charge is -2.28. The highest BCUT2D eigenvalue weighted by Gasteiger charge is 2.31. The number of amides is 2. The third-order valence-electron chi connectivity index (χ3n) is 7.24. The van der Waals surface area contributed by atoms with Gasteiger partial charge in [0.1, 0.15) is 0 Å². The third kappa shape index (κ3) is 4.49. The summed E-state index contributed by atoms with van der Waals surface area (Å²) < 4.78 is 28.2. The van der Waals surface area contributed by atoms with E-state index < -0.39 is 10.0 Å². The molecule has 2 aromatic rings. The van der Waals surface area contributed by atoms with Gasteiger partial charge in [-0.05, 0) is 67.0 Å². The molecule has 2 amide bonds. The van der Waals surface area contributed by atoms with E-state index in [1.807, 2.05) is 23.1 Å². The first-order chi connectivity index (χ1) is 16.4. The average Bonchev–Trinajstić information content (AvgIpc) is 3.31. The zero-order chi connectivity index (χ0) is 23.7. The van der Waals surface area contributed by atoms with Crippen molar-refractivity contribution in [3.8, 4) is 0 Å². The molecule has 3 aliphatic heterocycles. The second-order valence-electron chi connectivity index (χ2n) is 9.38. The molecule has 8 heteroatoms. The lowest BCUT2D eigenvalue weighted by atomic mass is 10.0. The van der Waals surface area contributed by atoms with Crippen LogP contribution in [0.25, 0.3) is 0 Å². The number of likely N-dealkylation sites (tertiary alicyclic amines) is 1. The van der Waals surface area contributed by atoms with Crippen molar-refractivity contribution in [1.82, 2.24) is 9.21 Å². The molecule has 5 rings (SSSR count). The van der Waals surface area contributed by atoms with Crippen molar-refractivity contribution >= 4 is 27.5 Å². The van der Waals surface area contributed by atoms with Crippen LogP contribution in [-0.2, 0) is 39.0 Å². The van der Waals surface area contributed by atoms with E-state index in [0.717, 1.165) is 49.2 Å². The van der Waals surface area contributed by atoms with Gasteiger partial charge in [0.2, 0.25) is 21.8 Å². The summed E-state index contributed by atoms with van der Waals surface area (Å²) >= 11 is 0. The minimum atomic E-state index is -3.62. The molecule has 0 spiro atoms. The Morgan fingerprint density at radius 3 is 2.26 bits per heavy atom. The van der Waals surface area contributed by atoms with Gasteiger partial charge < -0.3 is 9.80 Å². The Labute approximate surface area is 201 Å². The summed E-state index contributed by atoms with van der Waals surface area (Å²) in [6.07, 6.45) is 4.97. The molecule has 3 heterocycles. The molecule has 7 nitrogen and oxygen atoms in total. The van der Waals surface area contributed by atoms with Crippen molar-refractivity contribution in [2.24, 2.45) is 0 Å². The Kier molecular flexibility index (Phi) is 6.44. The smallest absolute Gasteiger partial charge is 0.243 e. The van der Waals surface area contributed by atoms with Crippen LogP contribution in [0.1, 0.15) is 48.8 Å². The Bertz CT molecular complexity index is 1200. The van der Waals surface area contributed by atoms with Crippen molar-refractivity contribution in [2.45, 2.75) is 56.4 Å². The molecule has 3 aliphatic rings. The van der Waals surface area contributed by atoms with Crippen LogP contribution in [-0.4, -0.2) is 55.6 Å². The largest absolute Gasteiger partial charge is 0.343 e. The summed E-state index contributed by atoms with van der Waals surface area (Å²) in [7, 11) is -3.62. The van der Waals surface area contributed by atoms with Gasteiger partial charge in [-0.25, -0.2) is 8.42 Å². The van der Waals surface area contributed by atoms with Gasteiger partial charge in [0, 0.05) is 51.3 Å². The lowest BCUT2D eigenvalue weighted by Crippen LogP contribution is -2.37. The summed E-state index contributed by atoms with van der Waals surface area (Å²) in [5, 5.41) is 0. The maximum Gasteiger partial charge on any atom is 0.243 e. The van der Waals surface area contributed by atoms with E-state index in [9.17, 15) is 18.0 Å². The molecule has 1 saturated heterocycles. The predicted molar refractivity (Wildman–Crippen MR) is 130 cm³/mol. The fraction of sp³-hybridized carbons (Fsp3) is 0.462. The number of rotatable bonds is 5. The minimum Gasteiger partial charge on any atom is -0.343 e. The first kappa shape index (κ1) is 23.1. The molecule has 2 aromatic carbocycles. The monoisotopic (exact) mass is 481 g/mol. The van der Waals surface area contributed by atoms with Crippen molar-refractivity contribution in [2.75, 3.05) is 31.1 Å². The highest BCUT2D eigenvalue weighted by molar-refractivity contribution is 7.89. The fourth-order valence-electron chi connectivity index (χ4n) is 5.27. The molecule has 0 unspecified atom stereocenters. The zero-order valence-corrected chi connectivity index (χ0v) is 20.2. The first-order valence-electron chi connectivity index (χ1n) is 12.2. The molecule has 0 saturated carbocycles. The van der Waals surface area contributed by atoms with Crippen LogP contribution in [0.5, 0.6) is 0 Å². The summed E-state index contributed by atoms with van der Waals surface area (Å²) in [5.41, 5.74) is 3.89. The summed E-state index contributed by atoms with van der Waals surface area (Å²) in [6, 6.07) is 13.0. The molecule has 0 radical (unpaired) electrons. The predicted octanol–water partition coefficient (Wildman–Crippen LogP) is 3.12. The van der Waals surface area contributed by atoms with E-state index in [4.69, 9.17) is 0 Å². The van der Waals surface area contributed by atoms with Crippen molar-refractivity contribution in [1.29, 1.82) is 0 Å². The number of fused-ring (bicyclic) bond motifs is 2. The number of hydrogen-bond acceptors (Lipinski definition) is 4. The molecule has 0 N–H and O–H groups in total. The van der Waals surface area contributed by atoms with Crippen molar-refractivity contribution in [3.05, 3.63) is 59.2 Å². The maximum atomic E-state index is 13.3. The SMILES string of the molecule is O=C(CCC(=O)N1CCc2cc(S(=O)(=O)N3CCc4ccccc4C3)ccc21)N1CCCCC1. The number of hydrogen-bond donors (Lipinski definition) is 0. The topological polar surface area (TPSA) is 78.0 Å². The van der Waals surface area contributed by atoms with E-state index in [2.05, 4.69) is 6.07 Å². The standard InChI is InChI=1S/C26H31N3O4S/c30-25(27-14-4-1-5-15-27)10-11-26(31)29-17-13-21-18-23(8-9-24(21)29)34(32,33)28-16-12-20-6-2-3-7-22(20)19-28/h2-3,6-9,18H,1,4-5,10-17,19H2. The second-order valence-corrected chi connectivity index (χ2v) is 11.3. The Morgan fingerprint density at radius 2 is 1.47 bits per heavy atom. The maximum absolute atomic E-state index is 13.3. The molecule has 0 atom stereocenters. The fourth-order valence-corrected chi connectivity index (χ4v) is 6.74. The van der Waals surface area contributed by atoms with Crippen LogP contribution in [0.4, 0.5) is 5.69 Å². The van der Waals surface area contributed by atoms with Crippen LogP contribution in [0.2, 0.25) is 0 Å². The molecule has 1 fully saturated rings. The lowest BCUT2D eigenvalue weighted by molar-refractivity contribution is -0.133. The Hall–Kier alpha value is -2.71. The van der Waals surface area contributed by atoms with Gasteiger partial charge in [-0.15, -0.1) is 0 Å². The number of nitrogens with zero attached hydrogens (tertiary/aromatic N) is 3. The van der Waals surface area contributed by atoms with Gasteiger partial charge in [0.25, 0.3) is 0 Å². The highest BCUT2D eigenvalue weighted by atomic mass is 32.2. The van der Waals surface area contributed by atoms with Gasteiger partial charge in [-0.3, -0.25) is 9.59 Å².